The molecule has 5 heteroatoms. The minimum absolute atomic E-state index is 0.0384. The fourth-order valence-corrected chi connectivity index (χ4v) is 3.32. The number of hydrogen-bond donors (Lipinski definition) is 0. The summed E-state index contributed by atoms with van der Waals surface area (Å²) in [4.78, 5) is 21.5. The van der Waals surface area contributed by atoms with Crippen LogP contribution in [0, 0.1) is 0 Å². The standard InChI is InChI=1S/C17H25N3O2/c1-19-8-3-5-14(13-19)15-6-2-7-16(18-15)17(21)20-9-4-11-22-12-10-20/h2,6-7,14H,3-5,8-13H2,1H3. The Kier molecular flexibility index (Phi) is 5.05. The molecule has 0 aliphatic carbocycles. The van der Waals surface area contributed by atoms with Gasteiger partial charge < -0.3 is 14.5 Å². The van der Waals surface area contributed by atoms with E-state index in [4.69, 9.17) is 4.74 Å². The van der Waals surface area contributed by atoms with Crippen molar-refractivity contribution in [3.05, 3.63) is 29.6 Å². The van der Waals surface area contributed by atoms with E-state index in [0.29, 0.717) is 24.8 Å². The van der Waals surface area contributed by atoms with Crippen LogP contribution >= 0.6 is 0 Å². The van der Waals surface area contributed by atoms with Gasteiger partial charge in [-0.15, -0.1) is 0 Å². The lowest BCUT2D eigenvalue weighted by Gasteiger charge is -2.29. The zero-order chi connectivity index (χ0) is 15.4. The second kappa shape index (κ2) is 7.20. The van der Waals surface area contributed by atoms with Crippen molar-refractivity contribution >= 4 is 5.91 Å². The van der Waals surface area contributed by atoms with E-state index in [1.54, 1.807) is 0 Å². The first-order valence-corrected chi connectivity index (χ1v) is 8.26. The van der Waals surface area contributed by atoms with Crippen molar-refractivity contribution in [2.75, 3.05) is 46.4 Å². The molecule has 1 amide bonds. The lowest BCUT2D eigenvalue weighted by Crippen LogP contribution is -2.34. The first-order chi connectivity index (χ1) is 10.7. The number of carbonyl (C=O) groups is 1. The van der Waals surface area contributed by atoms with Gasteiger partial charge in [0.15, 0.2) is 0 Å². The molecule has 0 radical (unpaired) electrons. The number of carbonyl (C=O) groups excluding carboxylic acids is 1. The minimum atomic E-state index is 0.0384. The average Bonchev–Trinajstić information content (AvgIpc) is 2.83. The normalized spacial score (nSPS) is 24.0. The summed E-state index contributed by atoms with van der Waals surface area (Å²) in [6, 6.07) is 5.87. The summed E-state index contributed by atoms with van der Waals surface area (Å²) in [5.41, 5.74) is 1.64. The topological polar surface area (TPSA) is 45.7 Å². The van der Waals surface area contributed by atoms with Gasteiger partial charge in [0.05, 0.1) is 6.61 Å². The summed E-state index contributed by atoms with van der Waals surface area (Å²) in [5.74, 6) is 0.482. The molecule has 1 unspecified atom stereocenters. The first kappa shape index (κ1) is 15.4. The summed E-state index contributed by atoms with van der Waals surface area (Å²) in [7, 11) is 2.15. The number of pyridine rings is 1. The maximum absolute atomic E-state index is 12.6. The number of ether oxygens (including phenoxy) is 1. The third-order valence-corrected chi connectivity index (χ3v) is 4.54. The Morgan fingerprint density at radius 1 is 1.23 bits per heavy atom. The van der Waals surface area contributed by atoms with Gasteiger partial charge in [-0.05, 0) is 45.0 Å². The Morgan fingerprint density at radius 2 is 2.14 bits per heavy atom. The molecule has 120 valence electrons. The lowest BCUT2D eigenvalue weighted by atomic mass is 9.94. The van der Waals surface area contributed by atoms with E-state index in [9.17, 15) is 4.79 Å². The van der Waals surface area contributed by atoms with E-state index in [-0.39, 0.29) is 5.91 Å². The molecule has 0 aromatic carbocycles. The van der Waals surface area contributed by atoms with Gasteiger partial charge in [-0.2, -0.15) is 0 Å². The van der Waals surface area contributed by atoms with Gasteiger partial charge in [-0.25, -0.2) is 4.98 Å². The minimum Gasteiger partial charge on any atom is -0.380 e. The molecule has 3 heterocycles. The molecule has 1 aromatic rings. The quantitative estimate of drug-likeness (QED) is 0.835. The first-order valence-electron chi connectivity index (χ1n) is 8.26. The molecular weight excluding hydrogens is 278 g/mol. The second-order valence-electron chi connectivity index (χ2n) is 6.31. The van der Waals surface area contributed by atoms with Crippen molar-refractivity contribution in [2.24, 2.45) is 0 Å². The number of piperidine rings is 1. The molecule has 1 aromatic heterocycles. The number of likely N-dealkylation sites (N-methyl/N-ethyl adjacent to an activating group) is 1. The number of hydrogen-bond acceptors (Lipinski definition) is 4. The van der Waals surface area contributed by atoms with Crippen molar-refractivity contribution in [2.45, 2.75) is 25.2 Å². The van der Waals surface area contributed by atoms with E-state index in [1.165, 1.54) is 6.42 Å². The van der Waals surface area contributed by atoms with E-state index in [0.717, 1.165) is 44.8 Å². The van der Waals surface area contributed by atoms with Gasteiger partial charge in [0.25, 0.3) is 5.91 Å². The zero-order valence-electron chi connectivity index (χ0n) is 13.3. The van der Waals surface area contributed by atoms with Crippen LogP contribution in [0.1, 0.15) is 41.4 Å². The SMILES string of the molecule is CN1CCCC(c2cccc(C(=O)N3CCCOCC3)n2)C1. The molecule has 1 atom stereocenters. The molecule has 0 bridgehead atoms. The highest BCUT2D eigenvalue weighted by molar-refractivity contribution is 5.92. The van der Waals surface area contributed by atoms with E-state index >= 15 is 0 Å². The van der Waals surface area contributed by atoms with Crippen LogP contribution in [-0.4, -0.2) is 67.1 Å². The van der Waals surface area contributed by atoms with Crippen LogP contribution in [0.15, 0.2) is 18.2 Å². The van der Waals surface area contributed by atoms with Crippen molar-refractivity contribution in [3.8, 4) is 0 Å². The maximum atomic E-state index is 12.6. The molecule has 2 fully saturated rings. The van der Waals surface area contributed by atoms with Gasteiger partial charge in [-0.1, -0.05) is 6.07 Å². The van der Waals surface area contributed by atoms with Crippen molar-refractivity contribution < 1.29 is 9.53 Å². The highest BCUT2D eigenvalue weighted by Gasteiger charge is 2.23. The number of rotatable bonds is 2. The molecule has 2 saturated heterocycles. The Balaban J connectivity index is 1.73. The molecule has 2 aliphatic rings. The predicted octanol–water partition coefficient (Wildman–Crippen LogP) is 1.75. The number of aromatic nitrogens is 1. The van der Waals surface area contributed by atoms with Crippen LogP contribution in [0.25, 0.3) is 0 Å². The van der Waals surface area contributed by atoms with Gasteiger partial charge in [0.2, 0.25) is 0 Å². The van der Waals surface area contributed by atoms with Crippen LogP contribution in [0.2, 0.25) is 0 Å². The van der Waals surface area contributed by atoms with E-state index in [2.05, 4.69) is 23.0 Å². The molecule has 22 heavy (non-hydrogen) atoms. The highest BCUT2D eigenvalue weighted by atomic mass is 16.5. The molecule has 3 rings (SSSR count). The Morgan fingerprint density at radius 3 is 3.00 bits per heavy atom. The van der Waals surface area contributed by atoms with Gasteiger partial charge >= 0.3 is 0 Å². The van der Waals surface area contributed by atoms with E-state index in [1.807, 2.05) is 17.0 Å². The molecule has 0 spiro atoms. The summed E-state index contributed by atoms with van der Waals surface area (Å²) in [6.07, 6.45) is 3.26. The number of likely N-dealkylation sites (tertiary alicyclic amines) is 1. The van der Waals surface area contributed by atoms with Gasteiger partial charge in [0.1, 0.15) is 5.69 Å². The Bertz CT molecular complexity index is 512. The molecule has 0 saturated carbocycles. The average molecular weight is 303 g/mol. The van der Waals surface area contributed by atoms with Crippen LogP contribution in [0.5, 0.6) is 0 Å². The van der Waals surface area contributed by atoms with Crippen molar-refractivity contribution in [1.29, 1.82) is 0 Å². The molecule has 2 aliphatic heterocycles. The Hall–Kier alpha value is -1.46. The monoisotopic (exact) mass is 303 g/mol. The smallest absolute Gasteiger partial charge is 0.272 e. The highest BCUT2D eigenvalue weighted by Crippen LogP contribution is 2.25. The van der Waals surface area contributed by atoms with Gasteiger partial charge in [0, 0.05) is 37.9 Å². The number of amides is 1. The van der Waals surface area contributed by atoms with Crippen LogP contribution in [0.4, 0.5) is 0 Å². The number of nitrogens with zero attached hydrogens (tertiary/aromatic N) is 3. The summed E-state index contributed by atoms with van der Waals surface area (Å²) in [5, 5.41) is 0. The molecule has 0 N–H and O–H groups in total. The zero-order valence-corrected chi connectivity index (χ0v) is 13.3. The summed E-state index contributed by atoms with van der Waals surface area (Å²) in [6.45, 7) is 4.98. The third kappa shape index (κ3) is 3.65. The third-order valence-electron chi connectivity index (χ3n) is 4.54. The van der Waals surface area contributed by atoms with Crippen molar-refractivity contribution in [3.63, 3.8) is 0 Å². The fourth-order valence-electron chi connectivity index (χ4n) is 3.32. The van der Waals surface area contributed by atoms with Crippen LogP contribution in [-0.2, 0) is 4.74 Å². The van der Waals surface area contributed by atoms with Crippen LogP contribution in [0.3, 0.4) is 0 Å². The summed E-state index contributed by atoms with van der Waals surface area (Å²) < 4.78 is 5.42. The largest absolute Gasteiger partial charge is 0.380 e. The van der Waals surface area contributed by atoms with E-state index < -0.39 is 0 Å². The second-order valence-corrected chi connectivity index (χ2v) is 6.31. The molecular formula is C17H25N3O2. The maximum Gasteiger partial charge on any atom is 0.272 e. The van der Waals surface area contributed by atoms with Gasteiger partial charge in [-0.3, -0.25) is 4.79 Å². The lowest BCUT2D eigenvalue weighted by molar-refractivity contribution is 0.0735. The Labute approximate surface area is 132 Å². The predicted molar refractivity (Wildman–Crippen MR) is 85.0 cm³/mol. The summed E-state index contributed by atoms with van der Waals surface area (Å²) >= 11 is 0. The molecule has 5 nitrogen and oxygen atoms in total. The fraction of sp³-hybridized carbons (Fsp3) is 0.647. The van der Waals surface area contributed by atoms with Crippen molar-refractivity contribution in [1.82, 2.24) is 14.8 Å². The van der Waals surface area contributed by atoms with Crippen LogP contribution < -0.4 is 0 Å².